The van der Waals surface area contributed by atoms with Crippen LogP contribution in [0.15, 0.2) is 30.3 Å². The van der Waals surface area contributed by atoms with E-state index in [1.807, 2.05) is 6.07 Å². The molecule has 2 aliphatic carbocycles. The normalized spacial score (nSPS) is 34.4. The lowest BCUT2D eigenvalue weighted by Gasteiger charge is -2.24. The van der Waals surface area contributed by atoms with Crippen LogP contribution in [-0.4, -0.2) is 25.0 Å². The fraction of sp³-hybridized carbons (Fsp3) is 0.611. The highest BCUT2D eigenvalue weighted by atomic mass is 16.2. The minimum absolute atomic E-state index is 0.171. The van der Waals surface area contributed by atoms with Crippen LogP contribution < -0.4 is 10.2 Å². The minimum atomic E-state index is 0.171. The lowest BCUT2D eigenvalue weighted by molar-refractivity contribution is -0.125. The van der Waals surface area contributed by atoms with Crippen LogP contribution in [0.2, 0.25) is 0 Å². The summed E-state index contributed by atoms with van der Waals surface area (Å²) in [5, 5.41) is 3.36. The third-order valence-electron chi connectivity index (χ3n) is 5.75. The molecule has 1 aliphatic heterocycles. The van der Waals surface area contributed by atoms with Crippen molar-refractivity contribution in [2.45, 2.75) is 38.1 Å². The molecule has 2 saturated carbocycles. The average Bonchev–Trinajstić information content (AvgIpc) is 3.24. The molecule has 3 aliphatic rings. The van der Waals surface area contributed by atoms with E-state index >= 15 is 0 Å². The van der Waals surface area contributed by atoms with Gasteiger partial charge in [0.15, 0.2) is 0 Å². The van der Waals surface area contributed by atoms with Gasteiger partial charge in [0.2, 0.25) is 5.91 Å². The number of amides is 1. The highest BCUT2D eigenvalue weighted by Gasteiger charge is 2.41. The largest absolute Gasteiger partial charge is 0.371 e. The van der Waals surface area contributed by atoms with Gasteiger partial charge in [-0.25, -0.2) is 0 Å². The van der Waals surface area contributed by atoms with Gasteiger partial charge in [-0.1, -0.05) is 24.6 Å². The zero-order valence-corrected chi connectivity index (χ0v) is 12.5. The summed E-state index contributed by atoms with van der Waals surface area (Å²) in [6.45, 7) is 1.87. The van der Waals surface area contributed by atoms with E-state index < -0.39 is 0 Å². The highest BCUT2D eigenvalue weighted by molar-refractivity contribution is 5.80. The van der Waals surface area contributed by atoms with Crippen LogP contribution in [0, 0.1) is 17.8 Å². The van der Waals surface area contributed by atoms with Gasteiger partial charge in [0.25, 0.3) is 0 Å². The molecule has 3 nitrogen and oxygen atoms in total. The summed E-state index contributed by atoms with van der Waals surface area (Å²) in [4.78, 5) is 14.9. The molecule has 21 heavy (non-hydrogen) atoms. The van der Waals surface area contributed by atoms with Gasteiger partial charge >= 0.3 is 0 Å². The maximum Gasteiger partial charge on any atom is 0.225 e. The van der Waals surface area contributed by atoms with Gasteiger partial charge in [-0.05, 0) is 49.7 Å². The molecule has 1 unspecified atom stereocenters. The Hall–Kier alpha value is -1.51. The lowest BCUT2D eigenvalue weighted by atomic mass is 9.94. The van der Waals surface area contributed by atoms with E-state index in [1.165, 1.54) is 31.4 Å². The number of rotatable bonds is 3. The second-order valence-corrected chi connectivity index (χ2v) is 7.06. The van der Waals surface area contributed by atoms with Crippen molar-refractivity contribution >= 4 is 11.6 Å². The van der Waals surface area contributed by atoms with Crippen LogP contribution in [0.4, 0.5) is 5.69 Å². The molecule has 3 fully saturated rings. The van der Waals surface area contributed by atoms with Crippen LogP contribution >= 0.6 is 0 Å². The summed E-state index contributed by atoms with van der Waals surface area (Å²) in [6.07, 6.45) is 6.29. The predicted octanol–water partition coefficient (Wildman–Crippen LogP) is 2.82. The SMILES string of the molecule is O=C(N[C@@H]1C[C@@H]2CC[C@H]1C2)C1CCN(c2ccccc2)C1. The van der Waals surface area contributed by atoms with Gasteiger partial charge in [0.1, 0.15) is 0 Å². The Labute approximate surface area is 126 Å². The van der Waals surface area contributed by atoms with Crippen LogP contribution in [0.1, 0.15) is 32.1 Å². The van der Waals surface area contributed by atoms with Crippen molar-refractivity contribution < 1.29 is 4.79 Å². The summed E-state index contributed by atoms with van der Waals surface area (Å²) in [7, 11) is 0. The first kappa shape index (κ1) is 13.2. The van der Waals surface area contributed by atoms with Crippen molar-refractivity contribution in [2.75, 3.05) is 18.0 Å². The molecular weight excluding hydrogens is 260 g/mol. The number of nitrogens with one attached hydrogen (secondary N) is 1. The Morgan fingerprint density at radius 2 is 1.95 bits per heavy atom. The second-order valence-electron chi connectivity index (χ2n) is 7.06. The summed E-state index contributed by atoms with van der Waals surface area (Å²) in [6, 6.07) is 10.9. The Bertz CT molecular complexity index is 515. The molecule has 1 N–H and O–H groups in total. The lowest BCUT2D eigenvalue weighted by Crippen LogP contribution is -2.42. The molecule has 1 heterocycles. The molecule has 112 valence electrons. The molecular formula is C18H24N2O. The van der Waals surface area contributed by atoms with Gasteiger partial charge < -0.3 is 10.2 Å². The molecule has 1 amide bonds. The van der Waals surface area contributed by atoms with Crippen molar-refractivity contribution in [3.05, 3.63) is 30.3 Å². The van der Waals surface area contributed by atoms with Crippen molar-refractivity contribution in [1.29, 1.82) is 0 Å². The predicted molar refractivity (Wildman–Crippen MR) is 84.1 cm³/mol. The van der Waals surface area contributed by atoms with Crippen LogP contribution in [0.25, 0.3) is 0 Å². The van der Waals surface area contributed by atoms with Crippen molar-refractivity contribution in [1.82, 2.24) is 5.32 Å². The van der Waals surface area contributed by atoms with E-state index in [1.54, 1.807) is 0 Å². The maximum absolute atomic E-state index is 12.5. The van der Waals surface area contributed by atoms with Gasteiger partial charge in [-0.3, -0.25) is 4.79 Å². The Balaban J connectivity index is 1.34. The van der Waals surface area contributed by atoms with E-state index in [0.717, 1.165) is 31.3 Å². The monoisotopic (exact) mass is 284 g/mol. The molecule has 3 heteroatoms. The summed E-state index contributed by atoms with van der Waals surface area (Å²) in [5.41, 5.74) is 1.24. The molecule has 4 rings (SSSR count). The average molecular weight is 284 g/mol. The van der Waals surface area contributed by atoms with Gasteiger partial charge in [-0.15, -0.1) is 0 Å². The van der Waals surface area contributed by atoms with Crippen molar-refractivity contribution in [2.24, 2.45) is 17.8 Å². The number of hydrogen-bond acceptors (Lipinski definition) is 2. The standard InChI is InChI=1S/C18H24N2O/c21-18(19-17-11-13-6-7-14(17)10-13)15-8-9-20(12-15)16-4-2-1-3-5-16/h1-5,13-15,17H,6-12H2,(H,19,21)/t13-,14+,15?,17-/m1/s1. The fourth-order valence-corrected chi connectivity index (χ4v) is 4.57. The number of hydrogen-bond donors (Lipinski definition) is 1. The molecule has 0 aromatic heterocycles. The Kier molecular flexibility index (Phi) is 3.36. The van der Waals surface area contributed by atoms with E-state index in [0.29, 0.717) is 11.9 Å². The molecule has 1 saturated heterocycles. The smallest absolute Gasteiger partial charge is 0.225 e. The van der Waals surface area contributed by atoms with E-state index in [4.69, 9.17) is 0 Å². The van der Waals surface area contributed by atoms with Gasteiger partial charge in [0, 0.05) is 24.8 Å². The zero-order valence-electron chi connectivity index (χ0n) is 12.5. The first-order valence-corrected chi connectivity index (χ1v) is 8.40. The van der Waals surface area contributed by atoms with Gasteiger partial charge in [0.05, 0.1) is 5.92 Å². The van der Waals surface area contributed by atoms with Crippen molar-refractivity contribution in [3.8, 4) is 0 Å². The van der Waals surface area contributed by atoms with Gasteiger partial charge in [-0.2, -0.15) is 0 Å². The second kappa shape index (κ2) is 5.36. The summed E-state index contributed by atoms with van der Waals surface area (Å²) < 4.78 is 0. The van der Waals surface area contributed by atoms with Crippen LogP contribution in [0.5, 0.6) is 0 Å². The Morgan fingerprint density at radius 1 is 1.10 bits per heavy atom. The number of para-hydroxylation sites is 1. The van der Waals surface area contributed by atoms with E-state index in [9.17, 15) is 4.79 Å². The third kappa shape index (κ3) is 2.54. The molecule has 1 aromatic rings. The number of fused-ring (bicyclic) bond motifs is 2. The van der Waals surface area contributed by atoms with E-state index in [2.05, 4.69) is 34.5 Å². The number of benzene rings is 1. The maximum atomic E-state index is 12.5. The fourth-order valence-electron chi connectivity index (χ4n) is 4.57. The third-order valence-corrected chi connectivity index (χ3v) is 5.75. The van der Waals surface area contributed by atoms with E-state index in [-0.39, 0.29) is 5.92 Å². The quantitative estimate of drug-likeness (QED) is 0.925. The zero-order chi connectivity index (χ0) is 14.2. The molecule has 4 atom stereocenters. The molecule has 0 spiro atoms. The topological polar surface area (TPSA) is 32.3 Å². The van der Waals surface area contributed by atoms with Crippen LogP contribution in [0.3, 0.4) is 0 Å². The summed E-state index contributed by atoms with van der Waals surface area (Å²) in [5.74, 6) is 2.13. The number of nitrogens with zero attached hydrogens (tertiary/aromatic N) is 1. The molecule has 2 bridgehead atoms. The molecule has 0 radical (unpaired) electrons. The van der Waals surface area contributed by atoms with Crippen LogP contribution in [-0.2, 0) is 4.79 Å². The number of anilines is 1. The first-order chi connectivity index (χ1) is 10.3. The minimum Gasteiger partial charge on any atom is -0.371 e. The molecule has 1 aromatic carbocycles. The highest BCUT2D eigenvalue weighted by Crippen LogP contribution is 2.44. The van der Waals surface area contributed by atoms with Crippen molar-refractivity contribution in [3.63, 3.8) is 0 Å². The summed E-state index contributed by atoms with van der Waals surface area (Å²) >= 11 is 0. The first-order valence-electron chi connectivity index (χ1n) is 8.40. The number of carbonyl (C=O) groups excluding carboxylic acids is 1. The number of carbonyl (C=O) groups is 1. The Morgan fingerprint density at radius 3 is 2.67 bits per heavy atom.